The average molecular weight is 228 g/mol. The van der Waals surface area contributed by atoms with Gasteiger partial charge in [0.05, 0.1) is 0 Å². The van der Waals surface area contributed by atoms with Gasteiger partial charge in [0, 0.05) is 25.4 Å². The van der Waals surface area contributed by atoms with Crippen LogP contribution in [0.3, 0.4) is 0 Å². The number of rotatable bonds is 4. The molecule has 17 heavy (non-hydrogen) atoms. The monoisotopic (exact) mass is 228 g/mol. The van der Waals surface area contributed by atoms with Crippen LogP contribution < -0.4 is 10.6 Å². The molecule has 0 fully saturated rings. The van der Waals surface area contributed by atoms with Gasteiger partial charge in [0.25, 0.3) is 0 Å². The fraction of sp³-hybridized carbons (Fsp3) is 0.231. The number of aryl methyl sites for hydroxylation is 1. The van der Waals surface area contributed by atoms with Gasteiger partial charge in [-0.3, -0.25) is 0 Å². The Kier molecular flexibility index (Phi) is 3.55. The molecular formula is C13H16N4. The SMILES string of the molecule is CNc1ncc(C)c(NCc2ccccc2)n1. The summed E-state index contributed by atoms with van der Waals surface area (Å²) in [7, 11) is 1.81. The summed E-state index contributed by atoms with van der Waals surface area (Å²) in [6.07, 6.45) is 1.81. The van der Waals surface area contributed by atoms with Crippen LogP contribution in [0, 0.1) is 6.92 Å². The van der Waals surface area contributed by atoms with Crippen LogP contribution in [0.1, 0.15) is 11.1 Å². The maximum atomic E-state index is 4.37. The van der Waals surface area contributed by atoms with Crippen LogP contribution in [-0.4, -0.2) is 17.0 Å². The lowest BCUT2D eigenvalue weighted by Crippen LogP contribution is -2.06. The summed E-state index contributed by atoms with van der Waals surface area (Å²) in [5, 5.41) is 6.24. The molecule has 0 atom stereocenters. The van der Waals surface area contributed by atoms with Crippen molar-refractivity contribution in [3.05, 3.63) is 47.7 Å². The molecule has 0 spiro atoms. The summed E-state index contributed by atoms with van der Waals surface area (Å²) in [5.74, 6) is 1.50. The minimum atomic E-state index is 0.631. The Hall–Kier alpha value is -2.10. The van der Waals surface area contributed by atoms with Gasteiger partial charge in [-0.05, 0) is 12.5 Å². The first-order valence-corrected chi connectivity index (χ1v) is 5.59. The molecule has 0 radical (unpaired) electrons. The van der Waals surface area contributed by atoms with E-state index in [1.807, 2.05) is 38.4 Å². The number of aromatic nitrogens is 2. The number of anilines is 2. The van der Waals surface area contributed by atoms with E-state index < -0.39 is 0 Å². The Bertz CT molecular complexity index is 482. The minimum Gasteiger partial charge on any atom is -0.366 e. The van der Waals surface area contributed by atoms with Crippen LogP contribution >= 0.6 is 0 Å². The van der Waals surface area contributed by atoms with Gasteiger partial charge < -0.3 is 10.6 Å². The molecule has 2 N–H and O–H groups in total. The van der Waals surface area contributed by atoms with Gasteiger partial charge in [-0.25, -0.2) is 4.98 Å². The Morgan fingerprint density at radius 3 is 2.65 bits per heavy atom. The predicted octanol–water partition coefficient (Wildman–Crippen LogP) is 2.44. The molecule has 0 aliphatic rings. The van der Waals surface area contributed by atoms with E-state index in [9.17, 15) is 0 Å². The molecule has 0 aliphatic heterocycles. The second kappa shape index (κ2) is 5.30. The highest BCUT2D eigenvalue weighted by Crippen LogP contribution is 2.13. The van der Waals surface area contributed by atoms with Crippen LogP contribution in [-0.2, 0) is 6.54 Å². The molecule has 0 amide bonds. The fourth-order valence-corrected chi connectivity index (χ4v) is 1.52. The summed E-state index contributed by atoms with van der Waals surface area (Å²) in [6, 6.07) is 10.2. The Morgan fingerprint density at radius 2 is 1.94 bits per heavy atom. The molecule has 88 valence electrons. The smallest absolute Gasteiger partial charge is 0.224 e. The van der Waals surface area contributed by atoms with Gasteiger partial charge >= 0.3 is 0 Å². The maximum Gasteiger partial charge on any atom is 0.224 e. The van der Waals surface area contributed by atoms with Crippen molar-refractivity contribution in [1.82, 2.24) is 9.97 Å². The van der Waals surface area contributed by atoms with E-state index in [2.05, 4.69) is 32.7 Å². The van der Waals surface area contributed by atoms with Crippen molar-refractivity contribution in [2.24, 2.45) is 0 Å². The van der Waals surface area contributed by atoms with Crippen LogP contribution in [0.15, 0.2) is 36.5 Å². The lowest BCUT2D eigenvalue weighted by molar-refractivity contribution is 1.06. The van der Waals surface area contributed by atoms with E-state index >= 15 is 0 Å². The lowest BCUT2D eigenvalue weighted by Gasteiger charge is -2.09. The number of benzene rings is 1. The fourth-order valence-electron chi connectivity index (χ4n) is 1.52. The third-order valence-electron chi connectivity index (χ3n) is 2.50. The molecule has 0 aliphatic carbocycles. The van der Waals surface area contributed by atoms with Crippen molar-refractivity contribution in [3.8, 4) is 0 Å². The van der Waals surface area contributed by atoms with Crippen molar-refractivity contribution in [2.75, 3.05) is 17.7 Å². The molecule has 2 rings (SSSR count). The summed E-state index contributed by atoms with van der Waals surface area (Å²) < 4.78 is 0. The molecule has 4 heteroatoms. The summed E-state index contributed by atoms with van der Waals surface area (Å²) in [4.78, 5) is 8.52. The van der Waals surface area contributed by atoms with E-state index in [-0.39, 0.29) is 0 Å². The second-order valence-electron chi connectivity index (χ2n) is 3.81. The molecule has 4 nitrogen and oxygen atoms in total. The molecule has 2 aromatic rings. The predicted molar refractivity (Wildman–Crippen MR) is 70.1 cm³/mol. The van der Waals surface area contributed by atoms with Crippen molar-refractivity contribution in [1.29, 1.82) is 0 Å². The largest absolute Gasteiger partial charge is 0.366 e. The highest BCUT2D eigenvalue weighted by atomic mass is 15.1. The van der Waals surface area contributed by atoms with Crippen molar-refractivity contribution < 1.29 is 0 Å². The standard InChI is InChI=1S/C13H16N4/c1-10-8-16-13(14-2)17-12(10)15-9-11-6-4-3-5-7-11/h3-8H,9H2,1-2H3,(H2,14,15,16,17). The summed E-state index contributed by atoms with van der Waals surface area (Å²) in [5.41, 5.74) is 2.27. The average Bonchev–Trinajstić information content (AvgIpc) is 2.39. The first-order valence-electron chi connectivity index (χ1n) is 5.59. The zero-order valence-electron chi connectivity index (χ0n) is 10.1. The zero-order valence-corrected chi connectivity index (χ0v) is 10.1. The molecule has 0 saturated heterocycles. The van der Waals surface area contributed by atoms with Crippen LogP contribution in [0.25, 0.3) is 0 Å². The molecular weight excluding hydrogens is 212 g/mol. The van der Waals surface area contributed by atoms with E-state index in [0.717, 1.165) is 17.9 Å². The zero-order chi connectivity index (χ0) is 12.1. The van der Waals surface area contributed by atoms with Gasteiger partial charge in [0.15, 0.2) is 0 Å². The van der Waals surface area contributed by atoms with Crippen molar-refractivity contribution >= 4 is 11.8 Å². The summed E-state index contributed by atoms with van der Waals surface area (Å²) in [6.45, 7) is 2.76. The first-order chi connectivity index (χ1) is 8.29. The normalized spacial score (nSPS) is 10.0. The molecule has 0 saturated carbocycles. The molecule has 1 aromatic carbocycles. The topological polar surface area (TPSA) is 49.8 Å². The van der Waals surface area contributed by atoms with Crippen LogP contribution in [0.5, 0.6) is 0 Å². The maximum absolute atomic E-state index is 4.37. The van der Waals surface area contributed by atoms with Crippen molar-refractivity contribution in [2.45, 2.75) is 13.5 Å². The van der Waals surface area contributed by atoms with Gasteiger partial charge in [-0.1, -0.05) is 30.3 Å². The number of nitrogens with zero attached hydrogens (tertiary/aromatic N) is 2. The highest BCUT2D eigenvalue weighted by molar-refractivity contribution is 5.46. The third-order valence-corrected chi connectivity index (χ3v) is 2.50. The van der Waals surface area contributed by atoms with Crippen LogP contribution in [0.4, 0.5) is 11.8 Å². The molecule has 1 heterocycles. The van der Waals surface area contributed by atoms with Gasteiger partial charge in [0.1, 0.15) is 5.82 Å². The lowest BCUT2D eigenvalue weighted by atomic mass is 10.2. The Balaban J connectivity index is 2.08. The molecule has 0 unspecified atom stereocenters. The number of hydrogen-bond donors (Lipinski definition) is 2. The quantitative estimate of drug-likeness (QED) is 0.844. The van der Waals surface area contributed by atoms with E-state index in [0.29, 0.717) is 5.95 Å². The first kappa shape index (κ1) is 11.4. The van der Waals surface area contributed by atoms with Crippen LogP contribution in [0.2, 0.25) is 0 Å². The van der Waals surface area contributed by atoms with Gasteiger partial charge in [0.2, 0.25) is 5.95 Å². The Morgan fingerprint density at radius 1 is 1.18 bits per heavy atom. The minimum absolute atomic E-state index is 0.631. The van der Waals surface area contributed by atoms with E-state index in [1.54, 1.807) is 0 Å². The molecule has 1 aromatic heterocycles. The van der Waals surface area contributed by atoms with Gasteiger partial charge in [-0.2, -0.15) is 4.98 Å². The molecule has 0 bridgehead atoms. The summed E-state index contributed by atoms with van der Waals surface area (Å²) >= 11 is 0. The highest BCUT2D eigenvalue weighted by Gasteiger charge is 2.02. The van der Waals surface area contributed by atoms with E-state index in [1.165, 1.54) is 5.56 Å². The second-order valence-corrected chi connectivity index (χ2v) is 3.81. The van der Waals surface area contributed by atoms with E-state index in [4.69, 9.17) is 0 Å². The third kappa shape index (κ3) is 2.93. The number of hydrogen-bond acceptors (Lipinski definition) is 4. The van der Waals surface area contributed by atoms with Crippen molar-refractivity contribution in [3.63, 3.8) is 0 Å². The Labute approximate surface area is 101 Å². The van der Waals surface area contributed by atoms with Gasteiger partial charge in [-0.15, -0.1) is 0 Å². The number of nitrogens with one attached hydrogen (secondary N) is 2.